The lowest BCUT2D eigenvalue weighted by molar-refractivity contribution is 0.0738. The first kappa shape index (κ1) is 12.9. The molecule has 0 saturated carbocycles. The maximum absolute atomic E-state index is 9.70. The summed E-state index contributed by atoms with van der Waals surface area (Å²) < 4.78 is 0. The van der Waals surface area contributed by atoms with E-state index in [9.17, 15) is 5.11 Å². The summed E-state index contributed by atoms with van der Waals surface area (Å²) in [4.78, 5) is 2.31. The summed E-state index contributed by atoms with van der Waals surface area (Å²) in [5.41, 5.74) is 0. The van der Waals surface area contributed by atoms with E-state index in [0.29, 0.717) is 11.8 Å². The predicted octanol–water partition coefficient (Wildman–Crippen LogP) is 1.98. The molecule has 13 heavy (non-hydrogen) atoms. The minimum Gasteiger partial charge on any atom is -0.392 e. The molecule has 0 aromatic rings. The van der Waals surface area contributed by atoms with Gasteiger partial charge in [-0.2, -0.15) is 0 Å². The maximum atomic E-state index is 9.70. The minimum atomic E-state index is -0.182. The van der Waals surface area contributed by atoms with Crippen LogP contribution < -0.4 is 0 Å². The van der Waals surface area contributed by atoms with Crippen LogP contribution in [-0.4, -0.2) is 35.7 Å². The van der Waals surface area contributed by atoms with Gasteiger partial charge in [0.25, 0.3) is 0 Å². The molecular formula is C11H25NO. The highest BCUT2D eigenvalue weighted by Gasteiger charge is 2.14. The molecule has 80 valence electrons. The van der Waals surface area contributed by atoms with Crippen molar-refractivity contribution >= 4 is 0 Å². The molecule has 0 rings (SSSR count). The average Bonchev–Trinajstić information content (AvgIpc) is 2.02. The van der Waals surface area contributed by atoms with Crippen LogP contribution in [0.15, 0.2) is 0 Å². The topological polar surface area (TPSA) is 23.5 Å². The average molecular weight is 187 g/mol. The molecule has 0 saturated heterocycles. The Bertz CT molecular complexity index is 123. The summed E-state index contributed by atoms with van der Waals surface area (Å²) in [5, 5.41) is 9.70. The monoisotopic (exact) mass is 187 g/mol. The molecule has 0 aromatic carbocycles. The molecular weight excluding hydrogens is 162 g/mol. The lowest BCUT2D eigenvalue weighted by Gasteiger charge is -2.26. The van der Waals surface area contributed by atoms with E-state index in [1.807, 2.05) is 0 Å². The molecule has 1 unspecified atom stereocenters. The molecule has 0 spiro atoms. The van der Waals surface area contributed by atoms with Crippen LogP contribution in [0.3, 0.4) is 0 Å². The second-order valence-electron chi connectivity index (χ2n) is 4.56. The lowest BCUT2D eigenvalue weighted by atomic mass is 10.1. The third-order valence-corrected chi connectivity index (χ3v) is 2.29. The van der Waals surface area contributed by atoms with Gasteiger partial charge in [-0.1, -0.05) is 34.6 Å². The van der Waals surface area contributed by atoms with Gasteiger partial charge >= 0.3 is 0 Å². The highest BCUT2D eigenvalue weighted by atomic mass is 16.3. The first-order valence-corrected chi connectivity index (χ1v) is 5.37. The molecule has 0 heterocycles. The molecule has 0 bridgehead atoms. The maximum Gasteiger partial charge on any atom is 0.0689 e. The third kappa shape index (κ3) is 6.05. The summed E-state index contributed by atoms with van der Waals surface area (Å²) in [5.74, 6) is 1.04. The summed E-state index contributed by atoms with van der Waals surface area (Å²) in [6, 6.07) is 0. The van der Waals surface area contributed by atoms with E-state index in [4.69, 9.17) is 0 Å². The molecule has 0 radical (unpaired) electrons. The van der Waals surface area contributed by atoms with Gasteiger partial charge in [0.1, 0.15) is 0 Å². The van der Waals surface area contributed by atoms with Gasteiger partial charge in [-0.25, -0.2) is 0 Å². The normalized spacial score (nSPS) is 14.5. The van der Waals surface area contributed by atoms with Gasteiger partial charge < -0.3 is 10.0 Å². The van der Waals surface area contributed by atoms with E-state index in [1.54, 1.807) is 0 Å². The molecule has 0 aliphatic rings. The van der Waals surface area contributed by atoms with Gasteiger partial charge in [0.15, 0.2) is 0 Å². The van der Waals surface area contributed by atoms with Gasteiger partial charge in [0.05, 0.1) is 6.10 Å². The first-order valence-electron chi connectivity index (χ1n) is 5.37. The van der Waals surface area contributed by atoms with Gasteiger partial charge in [-0.05, 0) is 18.4 Å². The van der Waals surface area contributed by atoms with Crippen LogP contribution >= 0.6 is 0 Å². The zero-order valence-electron chi connectivity index (χ0n) is 9.75. The van der Waals surface area contributed by atoms with E-state index in [-0.39, 0.29) is 6.10 Å². The largest absolute Gasteiger partial charge is 0.392 e. The number of aliphatic hydroxyl groups excluding tert-OH is 1. The smallest absolute Gasteiger partial charge is 0.0689 e. The Balaban J connectivity index is 3.83. The fourth-order valence-electron chi connectivity index (χ4n) is 1.32. The van der Waals surface area contributed by atoms with Crippen molar-refractivity contribution in [2.45, 2.75) is 40.7 Å². The summed E-state index contributed by atoms with van der Waals surface area (Å²) in [6.45, 7) is 13.6. The van der Waals surface area contributed by atoms with Crippen molar-refractivity contribution in [1.82, 2.24) is 4.90 Å². The van der Waals surface area contributed by atoms with E-state index in [2.05, 4.69) is 39.5 Å². The van der Waals surface area contributed by atoms with Crippen molar-refractivity contribution in [3.05, 3.63) is 0 Å². The van der Waals surface area contributed by atoms with Crippen LogP contribution in [0.4, 0.5) is 0 Å². The summed E-state index contributed by atoms with van der Waals surface area (Å²) >= 11 is 0. The van der Waals surface area contributed by atoms with Crippen LogP contribution in [0, 0.1) is 11.8 Å². The molecule has 0 aliphatic heterocycles. The van der Waals surface area contributed by atoms with E-state index < -0.39 is 0 Å². The van der Waals surface area contributed by atoms with Crippen LogP contribution in [0.5, 0.6) is 0 Å². The Morgan fingerprint density at radius 1 is 1.08 bits per heavy atom. The number of aliphatic hydroxyl groups is 1. The second-order valence-corrected chi connectivity index (χ2v) is 4.56. The molecule has 0 aromatic heterocycles. The van der Waals surface area contributed by atoms with Crippen molar-refractivity contribution in [1.29, 1.82) is 0 Å². The Morgan fingerprint density at radius 3 is 1.92 bits per heavy atom. The minimum absolute atomic E-state index is 0.182. The molecule has 0 aliphatic carbocycles. The van der Waals surface area contributed by atoms with Crippen molar-refractivity contribution in [2.75, 3.05) is 19.6 Å². The standard InChI is InChI=1S/C11H25NO/c1-6-12(7-9(2)3)8-11(13)10(4)5/h9-11,13H,6-8H2,1-5H3. The van der Waals surface area contributed by atoms with Crippen LogP contribution in [0.1, 0.15) is 34.6 Å². The second kappa shape index (κ2) is 6.39. The Kier molecular flexibility index (Phi) is 6.35. The van der Waals surface area contributed by atoms with E-state index in [1.165, 1.54) is 0 Å². The lowest BCUT2D eigenvalue weighted by Crippen LogP contribution is -2.37. The van der Waals surface area contributed by atoms with Gasteiger partial charge in [-0.15, -0.1) is 0 Å². The SMILES string of the molecule is CCN(CC(C)C)CC(O)C(C)C. The van der Waals surface area contributed by atoms with Gasteiger partial charge in [0, 0.05) is 13.1 Å². The number of rotatable bonds is 6. The summed E-state index contributed by atoms with van der Waals surface area (Å²) in [6.07, 6.45) is -0.182. The summed E-state index contributed by atoms with van der Waals surface area (Å²) in [7, 11) is 0. The quantitative estimate of drug-likeness (QED) is 0.687. The van der Waals surface area contributed by atoms with Crippen LogP contribution in [-0.2, 0) is 0 Å². The van der Waals surface area contributed by atoms with E-state index >= 15 is 0 Å². The third-order valence-electron chi connectivity index (χ3n) is 2.29. The number of nitrogens with zero attached hydrogens (tertiary/aromatic N) is 1. The van der Waals surface area contributed by atoms with Crippen molar-refractivity contribution in [2.24, 2.45) is 11.8 Å². The van der Waals surface area contributed by atoms with Crippen LogP contribution in [0.25, 0.3) is 0 Å². The fraction of sp³-hybridized carbons (Fsp3) is 1.00. The van der Waals surface area contributed by atoms with Gasteiger partial charge in [-0.3, -0.25) is 0 Å². The molecule has 2 nitrogen and oxygen atoms in total. The zero-order valence-corrected chi connectivity index (χ0v) is 9.75. The highest BCUT2D eigenvalue weighted by Crippen LogP contribution is 2.05. The first-order chi connectivity index (χ1) is 5.97. The molecule has 0 amide bonds. The predicted molar refractivity (Wildman–Crippen MR) is 57.8 cm³/mol. The Morgan fingerprint density at radius 2 is 1.62 bits per heavy atom. The number of hydrogen-bond donors (Lipinski definition) is 1. The molecule has 1 atom stereocenters. The van der Waals surface area contributed by atoms with Crippen molar-refractivity contribution in [3.63, 3.8) is 0 Å². The van der Waals surface area contributed by atoms with Gasteiger partial charge in [0.2, 0.25) is 0 Å². The number of hydrogen-bond acceptors (Lipinski definition) is 2. The molecule has 0 fully saturated rings. The molecule has 1 N–H and O–H groups in total. The van der Waals surface area contributed by atoms with Crippen LogP contribution in [0.2, 0.25) is 0 Å². The molecule has 2 heteroatoms. The Hall–Kier alpha value is -0.0800. The Labute approximate surface area is 82.9 Å². The number of likely N-dealkylation sites (N-methyl/N-ethyl adjacent to an activating group) is 1. The fourth-order valence-corrected chi connectivity index (χ4v) is 1.32. The zero-order chi connectivity index (χ0) is 10.4. The van der Waals surface area contributed by atoms with E-state index in [0.717, 1.165) is 19.6 Å². The van der Waals surface area contributed by atoms with Crippen molar-refractivity contribution in [3.8, 4) is 0 Å². The van der Waals surface area contributed by atoms with Crippen molar-refractivity contribution < 1.29 is 5.11 Å². The highest BCUT2D eigenvalue weighted by molar-refractivity contribution is 4.67.